The summed E-state index contributed by atoms with van der Waals surface area (Å²) in [6.45, 7) is 1.61. The minimum absolute atomic E-state index is 0.0124. The number of phenolic OH excluding ortho intramolecular Hbond substituents is 1. The maximum Gasteiger partial charge on any atom is 0.339 e. The second-order valence-corrected chi connectivity index (χ2v) is 14.0. The van der Waals surface area contributed by atoms with Crippen LogP contribution in [0.15, 0.2) is 109 Å². The predicted molar refractivity (Wildman–Crippen MR) is 234 cm³/mol. The molecule has 19 nitrogen and oxygen atoms in total. The van der Waals surface area contributed by atoms with E-state index < -0.39 is 64.4 Å². The zero-order chi connectivity index (χ0) is 46.8. The molecular formula is C45H39FN8O11. The maximum atomic E-state index is 13.6. The fourth-order valence-corrected chi connectivity index (χ4v) is 6.22. The molecule has 0 unspecified atom stereocenters. The number of carboxylic acid groups (broad SMARTS) is 1. The number of ether oxygens (including phenoxy) is 2. The van der Waals surface area contributed by atoms with Crippen molar-refractivity contribution in [3.8, 4) is 23.0 Å². The molecule has 1 aromatic heterocycles. The highest BCUT2D eigenvalue weighted by Crippen LogP contribution is 2.40. The molecule has 6 aromatic rings. The average Bonchev–Trinajstić information content (AvgIpc) is 3.80. The van der Waals surface area contributed by atoms with Gasteiger partial charge in [0.2, 0.25) is 5.91 Å². The van der Waals surface area contributed by atoms with Gasteiger partial charge in [-0.05, 0) is 103 Å². The molecule has 0 saturated carbocycles. The summed E-state index contributed by atoms with van der Waals surface area (Å²) in [6.07, 6.45) is 2.95. The summed E-state index contributed by atoms with van der Waals surface area (Å²) in [6, 6.07) is 21.0. The number of amides is 5. The number of carbonyl (C=O) groups is 6. The van der Waals surface area contributed by atoms with Crippen LogP contribution in [-0.2, 0) is 16.0 Å². The lowest BCUT2D eigenvalue weighted by atomic mass is 10.1. The second kappa shape index (κ2) is 20.2. The Balaban J connectivity index is 1.08. The van der Waals surface area contributed by atoms with E-state index in [-0.39, 0.29) is 51.7 Å². The van der Waals surface area contributed by atoms with E-state index in [9.17, 15) is 48.5 Å². The average molecular weight is 887 g/mol. The van der Waals surface area contributed by atoms with E-state index in [1.165, 1.54) is 92.2 Å². The second-order valence-electron chi connectivity index (χ2n) is 14.0. The minimum atomic E-state index is -1.43. The molecule has 5 aromatic carbocycles. The quantitative estimate of drug-likeness (QED) is 0.0536. The summed E-state index contributed by atoms with van der Waals surface area (Å²) in [5, 5.41) is 53.9. The van der Waals surface area contributed by atoms with Gasteiger partial charge in [0.25, 0.3) is 23.6 Å². The van der Waals surface area contributed by atoms with Crippen molar-refractivity contribution in [2.24, 2.45) is 0 Å². The van der Waals surface area contributed by atoms with Crippen molar-refractivity contribution in [1.82, 2.24) is 20.7 Å². The molecule has 0 radical (unpaired) electrons. The first-order valence-electron chi connectivity index (χ1n) is 19.2. The van der Waals surface area contributed by atoms with Gasteiger partial charge in [0.05, 0.1) is 43.0 Å². The van der Waals surface area contributed by atoms with E-state index >= 15 is 0 Å². The lowest BCUT2D eigenvalue weighted by molar-refractivity contribution is -0.118. The van der Waals surface area contributed by atoms with Crippen LogP contribution >= 0.6 is 0 Å². The lowest BCUT2D eigenvalue weighted by Gasteiger charge is -2.18. The molecule has 0 aliphatic carbocycles. The number of halogens is 1. The standard InChI is InChI=1S/C45H39FN8O11/c1-23(20-24-4-10-27(46)11-5-24)40(57)48-28-12-6-26(7-13-28)42(59)52-35(21-30-22-47-54-53-30)44(61)49-29-14-8-25(9-15-29)41(58)50-33-18-16-31(36(55)38(33)64-2)43(60)51-34-19-17-32(45(62)63)37(56)39(34)65-3/h4-20,22,35,55-56H,21H2,1-3H3,(H,48,57)(H,49,61)(H,50,58)(H,51,60)(H,52,59)(H,62,63)(H,47,53,54)/b23-20+/t35-/m0/s1. The third-order valence-corrected chi connectivity index (χ3v) is 9.57. The maximum absolute atomic E-state index is 13.6. The molecule has 0 fully saturated rings. The highest BCUT2D eigenvalue weighted by atomic mass is 19.1. The number of methoxy groups -OCH3 is 2. The van der Waals surface area contributed by atoms with Crippen LogP contribution < -0.4 is 36.1 Å². The van der Waals surface area contributed by atoms with Crippen LogP contribution in [-0.4, -0.2) is 86.5 Å². The molecular weight excluding hydrogens is 848 g/mol. The molecule has 20 heteroatoms. The molecule has 0 spiro atoms. The van der Waals surface area contributed by atoms with Gasteiger partial charge in [-0.25, -0.2) is 9.18 Å². The zero-order valence-corrected chi connectivity index (χ0v) is 34.6. The Hall–Kier alpha value is -9.07. The smallest absolute Gasteiger partial charge is 0.339 e. The number of hydrogen-bond donors (Lipinski definition) is 9. The highest BCUT2D eigenvalue weighted by molar-refractivity contribution is 6.11. The van der Waals surface area contributed by atoms with Crippen molar-refractivity contribution in [2.75, 3.05) is 35.5 Å². The summed E-state index contributed by atoms with van der Waals surface area (Å²) >= 11 is 0. The number of nitrogens with one attached hydrogen (secondary N) is 6. The van der Waals surface area contributed by atoms with Crippen LogP contribution in [0.4, 0.5) is 27.1 Å². The summed E-state index contributed by atoms with van der Waals surface area (Å²) < 4.78 is 23.6. The molecule has 5 amide bonds. The van der Waals surface area contributed by atoms with Gasteiger partial charge in [0.1, 0.15) is 17.4 Å². The summed E-state index contributed by atoms with van der Waals surface area (Å²) in [5.41, 5.74) is 1.49. The van der Waals surface area contributed by atoms with Gasteiger partial charge in [-0.1, -0.05) is 12.1 Å². The molecule has 0 aliphatic rings. The number of aromatic hydroxyl groups is 2. The molecule has 1 atom stereocenters. The first-order valence-corrected chi connectivity index (χ1v) is 19.2. The number of anilines is 4. The molecule has 0 saturated heterocycles. The van der Waals surface area contributed by atoms with E-state index in [1.54, 1.807) is 25.1 Å². The SMILES string of the molecule is COc1c(NC(=O)c2ccc(NC(=O)c3ccc(NC(=O)[C@H](Cc4cn[nH]n4)NC(=O)c4ccc(NC(=O)/C(C)=C/c5ccc(F)cc5)cc4)cc3)c(OC)c2O)ccc(C(=O)O)c1O. The van der Waals surface area contributed by atoms with Crippen LogP contribution in [0.1, 0.15) is 59.6 Å². The zero-order valence-electron chi connectivity index (χ0n) is 34.6. The number of aromatic carboxylic acids is 1. The van der Waals surface area contributed by atoms with E-state index in [0.717, 1.165) is 13.2 Å². The number of nitrogens with zero attached hydrogens (tertiary/aromatic N) is 2. The van der Waals surface area contributed by atoms with Crippen LogP contribution in [0.3, 0.4) is 0 Å². The predicted octanol–water partition coefficient (Wildman–Crippen LogP) is 5.60. The van der Waals surface area contributed by atoms with Crippen molar-refractivity contribution >= 4 is 64.3 Å². The first-order chi connectivity index (χ1) is 31.1. The topological polar surface area (TPSA) is 283 Å². The van der Waals surface area contributed by atoms with Gasteiger partial charge in [-0.2, -0.15) is 15.4 Å². The largest absolute Gasteiger partial charge is 0.504 e. The van der Waals surface area contributed by atoms with Gasteiger partial charge >= 0.3 is 5.97 Å². The molecule has 6 rings (SSSR count). The van der Waals surface area contributed by atoms with Crippen LogP contribution in [0, 0.1) is 5.82 Å². The molecule has 332 valence electrons. The number of aromatic amines is 1. The fourth-order valence-electron chi connectivity index (χ4n) is 6.22. The molecule has 9 N–H and O–H groups in total. The number of H-pyrrole nitrogens is 1. The minimum Gasteiger partial charge on any atom is -0.504 e. The number of carboxylic acids is 1. The summed E-state index contributed by atoms with van der Waals surface area (Å²) in [4.78, 5) is 77.5. The Kier molecular flexibility index (Phi) is 14.1. The van der Waals surface area contributed by atoms with E-state index in [4.69, 9.17) is 9.47 Å². The molecule has 0 aliphatic heterocycles. The van der Waals surface area contributed by atoms with Gasteiger partial charge in [-0.15, -0.1) is 0 Å². The van der Waals surface area contributed by atoms with Crippen LogP contribution in [0.2, 0.25) is 0 Å². The monoisotopic (exact) mass is 886 g/mol. The Bertz CT molecular complexity index is 2800. The van der Waals surface area contributed by atoms with Crippen molar-refractivity contribution in [2.45, 2.75) is 19.4 Å². The van der Waals surface area contributed by atoms with E-state index in [1.807, 2.05) is 0 Å². The van der Waals surface area contributed by atoms with Crippen molar-refractivity contribution in [3.63, 3.8) is 0 Å². The van der Waals surface area contributed by atoms with E-state index in [0.29, 0.717) is 22.5 Å². The fraction of sp³-hybridized carbons (Fsp3) is 0.111. The number of phenols is 2. The third-order valence-electron chi connectivity index (χ3n) is 9.57. The molecule has 0 bridgehead atoms. The number of benzene rings is 5. The van der Waals surface area contributed by atoms with Gasteiger partial charge in [0.15, 0.2) is 23.0 Å². The Labute approximate surface area is 368 Å². The lowest BCUT2D eigenvalue weighted by Crippen LogP contribution is -2.45. The third kappa shape index (κ3) is 11.1. The Morgan fingerprint density at radius 3 is 1.78 bits per heavy atom. The highest BCUT2D eigenvalue weighted by Gasteiger charge is 2.26. The number of aromatic nitrogens is 3. The number of carbonyl (C=O) groups excluding carboxylic acids is 5. The number of rotatable bonds is 16. The van der Waals surface area contributed by atoms with Gasteiger partial charge in [-0.3, -0.25) is 24.0 Å². The molecule has 65 heavy (non-hydrogen) atoms. The van der Waals surface area contributed by atoms with Crippen LogP contribution in [0.25, 0.3) is 6.08 Å². The van der Waals surface area contributed by atoms with Crippen molar-refractivity contribution in [3.05, 3.63) is 148 Å². The first kappa shape index (κ1) is 45.5. The van der Waals surface area contributed by atoms with E-state index in [2.05, 4.69) is 42.0 Å². The Morgan fingerprint density at radius 1 is 0.692 bits per heavy atom. The summed E-state index contributed by atoms with van der Waals surface area (Å²) in [7, 11) is 2.36. The normalized spacial score (nSPS) is 11.4. The molecule has 1 heterocycles. The van der Waals surface area contributed by atoms with Crippen molar-refractivity contribution in [1.29, 1.82) is 0 Å². The van der Waals surface area contributed by atoms with Gasteiger partial charge < -0.3 is 51.4 Å². The Morgan fingerprint density at radius 2 is 1.23 bits per heavy atom. The van der Waals surface area contributed by atoms with Crippen LogP contribution in [0.5, 0.6) is 23.0 Å². The van der Waals surface area contributed by atoms with Crippen molar-refractivity contribution < 1.29 is 58.0 Å². The van der Waals surface area contributed by atoms with Gasteiger partial charge in [0, 0.05) is 34.5 Å². The number of hydrogen-bond acceptors (Lipinski definition) is 12. The summed E-state index contributed by atoms with van der Waals surface area (Å²) in [5.74, 6) is -6.96.